The number of aromatic nitrogens is 3. The third-order valence-corrected chi connectivity index (χ3v) is 4.95. The van der Waals surface area contributed by atoms with Crippen molar-refractivity contribution < 1.29 is 14.3 Å². The molecule has 0 spiro atoms. The van der Waals surface area contributed by atoms with Gasteiger partial charge in [0.2, 0.25) is 11.7 Å². The summed E-state index contributed by atoms with van der Waals surface area (Å²) in [5.41, 5.74) is 0.515. The number of piperazine rings is 1. The van der Waals surface area contributed by atoms with Gasteiger partial charge < -0.3 is 14.5 Å². The van der Waals surface area contributed by atoms with Crippen molar-refractivity contribution in [1.82, 2.24) is 19.3 Å². The first-order chi connectivity index (χ1) is 14.2. The summed E-state index contributed by atoms with van der Waals surface area (Å²) in [6, 6.07) is 8.75. The molecule has 2 aromatic heterocycles. The molecule has 1 aliphatic rings. The third-order valence-electron chi connectivity index (χ3n) is 4.95. The Morgan fingerprint density at radius 3 is 2.41 bits per heavy atom. The Balaban J connectivity index is 1.35. The molecule has 29 heavy (non-hydrogen) atoms. The van der Waals surface area contributed by atoms with Gasteiger partial charge in [0.25, 0.3) is 0 Å². The number of ketones is 1. The lowest BCUT2D eigenvalue weighted by atomic mass is 10.1. The summed E-state index contributed by atoms with van der Waals surface area (Å²) < 4.78 is 7.02. The summed E-state index contributed by atoms with van der Waals surface area (Å²) in [5, 5.41) is 0. The molecule has 0 unspecified atom stereocenters. The van der Waals surface area contributed by atoms with Gasteiger partial charge in [0, 0.05) is 56.4 Å². The monoisotopic (exact) mass is 391 g/mol. The average Bonchev–Trinajstić information content (AvgIpc) is 3.26. The number of carbonyl (C=O) groups excluding carboxylic acids is 2. The molecule has 0 saturated carbocycles. The summed E-state index contributed by atoms with van der Waals surface area (Å²) in [7, 11) is 1.57. The van der Waals surface area contributed by atoms with E-state index in [-0.39, 0.29) is 11.7 Å². The fourth-order valence-corrected chi connectivity index (χ4v) is 3.34. The fourth-order valence-electron chi connectivity index (χ4n) is 3.34. The molecule has 0 N–H and O–H groups in total. The highest BCUT2D eigenvalue weighted by Gasteiger charge is 2.21. The maximum atomic E-state index is 12.5. The predicted molar refractivity (Wildman–Crippen MR) is 108 cm³/mol. The van der Waals surface area contributed by atoms with Crippen LogP contribution in [0, 0.1) is 0 Å². The van der Waals surface area contributed by atoms with Gasteiger partial charge in [0.1, 0.15) is 11.6 Å². The Kier molecular flexibility index (Phi) is 5.24. The Morgan fingerprint density at radius 2 is 1.69 bits per heavy atom. The minimum absolute atomic E-state index is 0.158. The van der Waals surface area contributed by atoms with Gasteiger partial charge in [-0.1, -0.05) is 0 Å². The van der Waals surface area contributed by atoms with Gasteiger partial charge in [-0.2, -0.15) is 0 Å². The van der Waals surface area contributed by atoms with Crippen LogP contribution in [0.4, 0.5) is 5.82 Å². The number of rotatable bonds is 5. The number of allylic oxidation sites excluding steroid dienone is 1. The first kappa shape index (κ1) is 18.7. The highest BCUT2D eigenvalue weighted by Crippen LogP contribution is 2.17. The smallest absolute Gasteiger partial charge is 0.246 e. The Hall–Kier alpha value is -3.68. The number of amides is 1. The molecule has 1 fully saturated rings. The van der Waals surface area contributed by atoms with Crippen molar-refractivity contribution in [3.05, 3.63) is 66.6 Å². The van der Waals surface area contributed by atoms with E-state index in [4.69, 9.17) is 4.74 Å². The van der Waals surface area contributed by atoms with E-state index in [0.29, 0.717) is 43.3 Å². The number of hydrogen-bond donors (Lipinski definition) is 0. The summed E-state index contributed by atoms with van der Waals surface area (Å²) in [6.45, 7) is 2.56. The number of anilines is 1. The normalized spacial score (nSPS) is 14.5. The standard InChI is InChI=1S/C21H21N5O3/c1-29-17-4-2-16(3-5-17)18(27)6-7-20(28)25-14-12-24(13-15-25)19-8-9-22-21-23-10-11-26(19)21/h2-11H,12-15H2,1H3/b7-6+. The molecule has 0 aliphatic carbocycles. The summed E-state index contributed by atoms with van der Waals surface area (Å²) in [4.78, 5) is 37.1. The first-order valence-corrected chi connectivity index (χ1v) is 9.34. The second-order valence-electron chi connectivity index (χ2n) is 6.64. The Labute approximate surface area is 168 Å². The van der Waals surface area contributed by atoms with E-state index >= 15 is 0 Å². The van der Waals surface area contributed by atoms with Crippen LogP contribution in [-0.4, -0.2) is 64.2 Å². The molecule has 0 radical (unpaired) electrons. The van der Waals surface area contributed by atoms with Crippen molar-refractivity contribution in [1.29, 1.82) is 0 Å². The molecule has 1 amide bonds. The summed E-state index contributed by atoms with van der Waals surface area (Å²) >= 11 is 0. The number of imidazole rings is 1. The van der Waals surface area contributed by atoms with Crippen molar-refractivity contribution in [3.8, 4) is 5.75 Å². The number of hydrogen-bond acceptors (Lipinski definition) is 6. The molecule has 1 saturated heterocycles. The lowest BCUT2D eigenvalue weighted by molar-refractivity contribution is -0.126. The Bertz CT molecular complexity index is 1050. The van der Waals surface area contributed by atoms with E-state index in [9.17, 15) is 9.59 Å². The SMILES string of the molecule is COc1ccc(C(=O)/C=C/C(=O)N2CCN(c3ccnc4nccn34)CC2)cc1. The molecule has 0 atom stereocenters. The van der Waals surface area contributed by atoms with Gasteiger partial charge in [-0.3, -0.25) is 14.0 Å². The van der Waals surface area contributed by atoms with Crippen molar-refractivity contribution in [3.63, 3.8) is 0 Å². The number of fused-ring (bicyclic) bond motifs is 1. The largest absolute Gasteiger partial charge is 0.497 e. The minimum atomic E-state index is -0.209. The molecular formula is C21H21N5O3. The van der Waals surface area contributed by atoms with Gasteiger partial charge in [-0.15, -0.1) is 0 Å². The number of methoxy groups -OCH3 is 1. The third kappa shape index (κ3) is 3.96. The maximum Gasteiger partial charge on any atom is 0.246 e. The molecule has 3 heterocycles. The highest BCUT2D eigenvalue weighted by atomic mass is 16.5. The molecule has 8 heteroatoms. The molecular weight excluding hydrogens is 370 g/mol. The van der Waals surface area contributed by atoms with Crippen molar-refractivity contribution in [2.75, 3.05) is 38.2 Å². The fraction of sp³-hybridized carbons (Fsp3) is 0.238. The molecule has 8 nitrogen and oxygen atoms in total. The van der Waals surface area contributed by atoms with E-state index in [1.54, 1.807) is 48.7 Å². The van der Waals surface area contributed by atoms with Gasteiger partial charge >= 0.3 is 0 Å². The van der Waals surface area contributed by atoms with Crippen LogP contribution >= 0.6 is 0 Å². The first-order valence-electron chi connectivity index (χ1n) is 9.34. The van der Waals surface area contributed by atoms with E-state index in [1.165, 1.54) is 12.2 Å². The number of carbonyl (C=O) groups is 2. The van der Waals surface area contributed by atoms with Crippen LogP contribution in [0.1, 0.15) is 10.4 Å². The molecule has 1 aliphatic heterocycles. The van der Waals surface area contributed by atoms with Gasteiger partial charge in [0.15, 0.2) is 5.78 Å². The number of ether oxygens (including phenoxy) is 1. The lowest BCUT2D eigenvalue weighted by Gasteiger charge is -2.35. The van der Waals surface area contributed by atoms with Gasteiger partial charge in [0.05, 0.1) is 7.11 Å². The van der Waals surface area contributed by atoms with Crippen molar-refractivity contribution in [2.45, 2.75) is 0 Å². The number of benzene rings is 1. The minimum Gasteiger partial charge on any atom is -0.497 e. The molecule has 148 valence electrons. The lowest BCUT2D eigenvalue weighted by Crippen LogP contribution is -2.48. The molecule has 4 rings (SSSR count). The van der Waals surface area contributed by atoms with Crippen LogP contribution in [0.2, 0.25) is 0 Å². The zero-order valence-electron chi connectivity index (χ0n) is 16.1. The molecule has 0 bridgehead atoms. The second kappa shape index (κ2) is 8.14. The zero-order valence-corrected chi connectivity index (χ0v) is 16.1. The summed E-state index contributed by atoms with van der Waals surface area (Å²) in [6.07, 6.45) is 8.01. The Morgan fingerprint density at radius 1 is 0.966 bits per heavy atom. The van der Waals surface area contributed by atoms with Crippen LogP contribution in [0.5, 0.6) is 5.75 Å². The van der Waals surface area contributed by atoms with Crippen molar-refractivity contribution in [2.24, 2.45) is 0 Å². The number of nitrogens with zero attached hydrogens (tertiary/aromatic N) is 5. The van der Waals surface area contributed by atoms with Gasteiger partial charge in [-0.05, 0) is 36.4 Å². The van der Waals surface area contributed by atoms with Crippen LogP contribution in [0.3, 0.4) is 0 Å². The van der Waals surface area contributed by atoms with Crippen LogP contribution < -0.4 is 9.64 Å². The van der Waals surface area contributed by atoms with Crippen LogP contribution in [0.15, 0.2) is 61.1 Å². The molecule has 3 aromatic rings. The van der Waals surface area contributed by atoms with E-state index in [1.807, 2.05) is 16.7 Å². The predicted octanol–water partition coefficient (Wildman–Crippen LogP) is 1.83. The zero-order chi connectivity index (χ0) is 20.2. The molecule has 1 aromatic carbocycles. The maximum absolute atomic E-state index is 12.5. The van der Waals surface area contributed by atoms with Crippen molar-refractivity contribution >= 4 is 23.3 Å². The van der Waals surface area contributed by atoms with E-state index < -0.39 is 0 Å². The van der Waals surface area contributed by atoms with Crippen LogP contribution in [0.25, 0.3) is 5.78 Å². The van der Waals surface area contributed by atoms with E-state index in [0.717, 1.165) is 5.82 Å². The topological polar surface area (TPSA) is 80.0 Å². The average molecular weight is 391 g/mol. The highest BCUT2D eigenvalue weighted by molar-refractivity contribution is 6.07. The second-order valence-corrected chi connectivity index (χ2v) is 6.64. The quantitative estimate of drug-likeness (QED) is 0.488. The van der Waals surface area contributed by atoms with E-state index in [2.05, 4.69) is 14.9 Å². The summed E-state index contributed by atoms with van der Waals surface area (Å²) in [5.74, 6) is 1.97. The van der Waals surface area contributed by atoms with Crippen LogP contribution in [-0.2, 0) is 4.79 Å². The van der Waals surface area contributed by atoms with Gasteiger partial charge in [-0.25, -0.2) is 9.97 Å².